The van der Waals surface area contributed by atoms with Crippen LogP contribution in [0, 0.1) is 10.1 Å². The van der Waals surface area contributed by atoms with Crippen LogP contribution in [0.3, 0.4) is 0 Å². The molecule has 0 radical (unpaired) electrons. The van der Waals surface area contributed by atoms with E-state index in [1.54, 1.807) is 0 Å². The van der Waals surface area contributed by atoms with Gasteiger partial charge in [-0.25, -0.2) is 13.2 Å². The third-order valence-corrected chi connectivity index (χ3v) is 4.01. The maximum Gasteiger partial charge on any atom is 0.339 e. The molecule has 0 saturated carbocycles. The van der Waals surface area contributed by atoms with Gasteiger partial charge in [-0.3, -0.25) is 14.9 Å². The number of ether oxygens (including phenoxy) is 1. The monoisotopic (exact) mass is 344 g/mol. The molecule has 0 spiro atoms. The Labute approximate surface area is 132 Å². The molecule has 0 aliphatic carbocycles. The van der Waals surface area contributed by atoms with Crippen molar-refractivity contribution in [3.8, 4) is 0 Å². The van der Waals surface area contributed by atoms with E-state index in [1.165, 1.54) is 25.9 Å². The van der Waals surface area contributed by atoms with Crippen molar-refractivity contribution in [3.63, 3.8) is 0 Å². The molecule has 9 nitrogen and oxygen atoms in total. The molecule has 0 saturated heterocycles. The summed E-state index contributed by atoms with van der Waals surface area (Å²) >= 11 is 0. The average Bonchev–Trinajstić information content (AvgIpc) is 2.44. The summed E-state index contributed by atoms with van der Waals surface area (Å²) in [5.74, 6) is -1.42. The van der Waals surface area contributed by atoms with Crippen LogP contribution in [0.5, 0.6) is 0 Å². The fourth-order valence-electron chi connectivity index (χ4n) is 1.74. The molecule has 0 unspecified atom stereocenters. The number of hydrogen-bond donors (Lipinski definition) is 0. The number of benzene rings is 1. The molecule has 0 fully saturated rings. The second kappa shape index (κ2) is 6.73. The zero-order valence-electron chi connectivity index (χ0n) is 13.0. The second-order valence-corrected chi connectivity index (χ2v) is 6.98. The fourth-order valence-corrected chi connectivity index (χ4v) is 2.57. The molecule has 1 aromatic carbocycles. The van der Waals surface area contributed by atoms with E-state index in [4.69, 9.17) is 4.74 Å². The Kier molecular flexibility index (Phi) is 5.43. The summed E-state index contributed by atoms with van der Waals surface area (Å²) in [6.45, 7) is 1.36. The molecule has 23 heavy (non-hydrogen) atoms. The highest BCUT2D eigenvalue weighted by Crippen LogP contribution is 2.25. The van der Waals surface area contributed by atoms with Gasteiger partial charge in [0.2, 0.25) is 0 Å². The standard InChI is InChI=1S/C13H16N2O7S/c1-8(12(16)14(2)3)22-13(17)9-5-6-11(23(4,20)21)10(7-9)15(18)19/h5-8H,1-4H3/t8-/m1/s1. The summed E-state index contributed by atoms with van der Waals surface area (Å²) in [6.07, 6.45) is -0.253. The number of hydrogen-bond acceptors (Lipinski definition) is 7. The maximum atomic E-state index is 12.0. The SMILES string of the molecule is C[C@@H](OC(=O)c1ccc(S(C)(=O)=O)c([N+](=O)[O-])c1)C(=O)N(C)C. The molecule has 0 aliphatic heterocycles. The van der Waals surface area contributed by atoms with E-state index in [1.807, 2.05) is 0 Å². The van der Waals surface area contributed by atoms with Crippen LogP contribution in [-0.2, 0) is 19.4 Å². The molecule has 0 N–H and O–H groups in total. The van der Waals surface area contributed by atoms with Gasteiger partial charge in [0, 0.05) is 26.4 Å². The number of nitro groups is 1. The molecular formula is C13H16N2O7S. The van der Waals surface area contributed by atoms with Crippen molar-refractivity contribution in [2.45, 2.75) is 17.9 Å². The van der Waals surface area contributed by atoms with Gasteiger partial charge in [-0.1, -0.05) is 0 Å². The lowest BCUT2D eigenvalue weighted by atomic mass is 10.2. The van der Waals surface area contributed by atoms with E-state index >= 15 is 0 Å². The average molecular weight is 344 g/mol. The van der Waals surface area contributed by atoms with Crippen LogP contribution in [0.4, 0.5) is 5.69 Å². The summed E-state index contributed by atoms with van der Waals surface area (Å²) in [4.78, 5) is 34.4. The van der Waals surface area contributed by atoms with E-state index in [0.29, 0.717) is 0 Å². The van der Waals surface area contributed by atoms with Gasteiger partial charge in [0.25, 0.3) is 11.6 Å². The van der Waals surface area contributed by atoms with Crippen molar-refractivity contribution in [1.29, 1.82) is 0 Å². The van der Waals surface area contributed by atoms with Gasteiger partial charge in [0.15, 0.2) is 15.9 Å². The first-order valence-electron chi connectivity index (χ1n) is 6.35. The molecule has 1 rings (SSSR count). The first-order chi connectivity index (χ1) is 10.4. The first-order valence-corrected chi connectivity index (χ1v) is 8.25. The number of amides is 1. The minimum absolute atomic E-state index is 0.220. The van der Waals surface area contributed by atoms with Crippen molar-refractivity contribution in [3.05, 3.63) is 33.9 Å². The Morgan fingerprint density at radius 2 is 1.87 bits per heavy atom. The van der Waals surface area contributed by atoms with Gasteiger partial charge in [-0.05, 0) is 19.1 Å². The lowest BCUT2D eigenvalue weighted by molar-refractivity contribution is -0.387. The topological polar surface area (TPSA) is 124 Å². The highest BCUT2D eigenvalue weighted by atomic mass is 32.2. The van der Waals surface area contributed by atoms with Crippen molar-refractivity contribution < 1.29 is 27.7 Å². The number of sulfone groups is 1. The number of rotatable bonds is 5. The Balaban J connectivity index is 3.15. The molecule has 1 amide bonds. The molecular weight excluding hydrogens is 328 g/mol. The highest BCUT2D eigenvalue weighted by molar-refractivity contribution is 7.90. The van der Waals surface area contributed by atoms with Crippen LogP contribution in [0.15, 0.2) is 23.1 Å². The molecule has 126 valence electrons. The fraction of sp³-hybridized carbons (Fsp3) is 0.385. The Morgan fingerprint density at radius 3 is 2.30 bits per heavy atom. The molecule has 1 aromatic rings. The Morgan fingerprint density at radius 1 is 1.30 bits per heavy atom. The lowest BCUT2D eigenvalue weighted by Gasteiger charge is -2.17. The van der Waals surface area contributed by atoms with Gasteiger partial charge in [0.1, 0.15) is 4.90 Å². The largest absolute Gasteiger partial charge is 0.449 e. The van der Waals surface area contributed by atoms with E-state index in [0.717, 1.165) is 24.5 Å². The second-order valence-electron chi connectivity index (χ2n) is 4.99. The summed E-state index contributed by atoms with van der Waals surface area (Å²) in [7, 11) is -0.854. The van der Waals surface area contributed by atoms with E-state index < -0.39 is 43.3 Å². The number of esters is 1. The quantitative estimate of drug-likeness (QED) is 0.436. The molecule has 10 heteroatoms. The van der Waals surface area contributed by atoms with E-state index in [2.05, 4.69) is 0 Å². The van der Waals surface area contributed by atoms with Gasteiger partial charge in [0.05, 0.1) is 10.5 Å². The number of likely N-dealkylation sites (N-methyl/N-ethyl adjacent to an activating group) is 1. The van der Waals surface area contributed by atoms with Gasteiger partial charge in [-0.15, -0.1) is 0 Å². The lowest BCUT2D eigenvalue weighted by Crippen LogP contribution is -2.34. The zero-order valence-corrected chi connectivity index (χ0v) is 13.8. The van der Waals surface area contributed by atoms with Crippen molar-refractivity contribution in [2.24, 2.45) is 0 Å². The predicted molar refractivity (Wildman–Crippen MR) is 79.8 cm³/mol. The summed E-state index contributed by atoms with van der Waals surface area (Å²) in [5, 5.41) is 11.0. The number of carbonyl (C=O) groups is 2. The smallest absolute Gasteiger partial charge is 0.339 e. The minimum Gasteiger partial charge on any atom is -0.449 e. The Hall–Kier alpha value is -2.49. The van der Waals surface area contributed by atoms with Crippen LogP contribution < -0.4 is 0 Å². The first kappa shape index (κ1) is 18.6. The Bertz CT molecular complexity index is 756. The number of nitro benzene ring substituents is 1. The molecule has 1 atom stereocenters. The predicted octanol–water partition coefficient (Wildman–Crippen LogP) is 0.632. The summed E-state index contributed by atoms with van der Waals surface area (Å²) in [5.41, 5.74) is -0.948. The van der Waals surface area contributed by atoms with Crippen LogP contribution in [0.1, 0.15) is 17.3 Å². The highest BCUT2D eigenvalue weighted by Gasteiger charge is 2.26. The molecule has 0 bridgehead atoms. The normalized spacial score (nSPS) is 12.3. The van der Waals surface area contributed by atoms with Gasteiger partial charge in [-0.2, -0.15) is 0 Å². The van der Waals surface area contributed by atoms with E-state index in [9.17, 15) is 28.1 Å². The number of nitrogens with zero attached hydrogens (tertiary/aromatic N) is 2. The van der Waals surface area contributed by atoms with Crippen LogP contribution >= 0.6 is 0 Å². The van der Waals surface area contributed by atoms with Crippen LogP contribution in [0.2, 0.25) is 0 Å². The van der Waals surface area contributed by atoms with E-state index in [-0.39, 0.29) is 5.56 Å². The molecule has 0 aliphatic rings. The van der Waals surface area contributed by atoms with Crippen molar-refractivity contribution >= 4 is 27.4 Å². The van der Waals surface area contributed by atoms with Crippen LogP contribution in [0.25, 0.3) is 0 Å². The maximum absolute atomic E-state index is 12.0. The van der Waals surface area contributed by atoms with Gasteiger partial charge >= 0.3 is 5.97 Å². The third-order valence-electron chi connectivity index (χ3n) is 2.86. The molecule has 0 aromatic heterocycles. The third kappa shape index (κ3) is 4.49. The minimum atomic E-state index is -3.82. The molecule has 0 heterocycles. The van der Waals surface area contributed by atoms with Crippen molar-refractivity contribution in [2.75, 3.05) is 20.4 Å². The van der Waals surface area contributed by atoms with Crippen LogP contribution in [-0.4, -0.2) is 56.6 Å². The van der Waals surface area contributed by atoms with Gasteiger partial charge < -0.3 is 9.64 Å². The zero-order chi connectivity index (χ0) is 17.9. The van der Waals surface area contributed by atoms with Crippen molar-refractivity contribution in [1.82, 2.24) is 4.90 Å². The summed E-state index contributed by atoms with van der Waals surface area (Å²) < 4.78 is 27.9. The summed E-state index contributed by atoms with van der Waals surface area (Å²) in [6, 6.07) is 2.87. The number of carbonyl (C=O) groups excluding carboxylic acids is 2.